The molecule has 2 aromatic carbocycles. The highest BCUT2D eigenvalue weighted by Gasteiger charge is 2.60. The first kappa shape index (κ1) is 12.6. The topological polar surface area (TPSA) is 38.7 Å². The number of rotatable bonds is 3. The number of hydrogen-bond donors (Lipinski definition) is 1. The second-order valence-corrected chi connectivity index (χ2v) is 5.39. The van der Waals surface area contributed by atoms with Gasteiger partial charge >= 0.3 is 0 Å². The lowest BCUT2D eigenvalue weighted by Gasteiger charge is -2.51. The van der Waals surface area contributed by atoms with Gasteiger partial charge in [-0.2, -0.15) is 0 Å². The number of benzene rings is 2. The van der Waals surface area contributed by atoms with Crippen LogP contribution in [-0.4, -0.2) is 18.0 Å². The van der Waals surface area contributed by atoms with E-state index in [1.807, 2.05) is 42.5 Å². The standard InChI is InChI=1S/C18H16O3/c19-12-15-11-16-17(20-15)21-18(16,13-7-3-1-4-8-13)14-9-5-2-6-10-14/h1-11,16-17,19H,12H2/t16-,17-/m1/s1. The number of fused-ring (bicyclic) bond motifs is 1. The Bertz CT molecular complexity index is 624. The van der Waals surface area contributed by atoms with Gasteiger partial charge in [-0.1, -0.05) is 60.7 Å². The van der Waals surface area contributed by atoms with Gasteiger partial charge in [-0.25, -0.2) is 0 Å². The normalized spacial score (nSPS) is 25.5. The largest absolute Gasteiger partial charge is 0.466 e. The molecule has 2 aliphatic heterocycles. The smallest absolute Gasteiger partial charge is 0.210 e. The zero-order chi connectivity index (χ0) is 14.3. The molecule has 0 aromatic heterocycles. The van der Waals surface area contributed by atoms with Crippen LogP contribution in [0.15, 0.2) is 72.5 Å². The van der Waals surface area contributed by atoms with Crippen LogP contribution in [0.25, 0.3) is 0 Å². The maximum Gasteiger partial charge on any atom is 0.210 e. The van der Waals surface area contributed by atoms with Gasteiger partial charge in [0, 0.05) is 0 Å². The molecule has 0 radical (unpaired) electrons. The van der Waals surface area contributed by atoms with Gasteiger partial charge in [0.15, 0.2) is 0 Å². The highest BCUT2D eigenvalue weighted by atomic mass is 16.7. The van der Waals surface area contributed by atoms with Crippen LogP contribution in [0.1, 0.15) is 11.1 Å². The summed E-state index contributed by atoms with van der Waals surface area (Å²) in [6.45, 7) is -0.0873. The van der Waals surface area contributed by atoms with E-state index in [2.05, 4.69) is 24.3 Å². The molecule has 0 unspecified atom stereocenters. The van der Waals surface area contributed by atoms with Crippen molar-refractivity contribution in [2.24, 2.45) is 5.92 Å². The second-order valence-electron chi connectivity index (χ2n) is 5.39. The van der Waals surface area contributed by atoms with Crippen LogP contribution < -0.4 is 0 Å². The van der Waals surface area contributed by atoms with E-state index >= 15 is 0 Å². The summed E-state index contributed by atoms with van der Waals surface area (Å²) in [5.41, 5.74) is 1.69. The van der Waals surface area contributed by atoms with E-state index in [1.54, 1.807) is 0 Å². The van der Waals surface area contributed by atoms with Crippen molar-refractivity contribution in [2.45, 2.75) is 11.9 Å². The number of aliphatic hydroxyl groups excluding tert-OH is 1. The van der Waals surface area contributed by atoms with E-state index in [-0.39, 0.29) is 18.8 Å². The molecule has 3 nitrogen and oxygen atoms in total. The minimum Gasteiger partial charge on any atom is -0.466 e. The van der Waals surface area contributed by atoms with Gasteiger partial charge in [-0.3, -0.25) is 0 Å². The minimum atomic E-state index is -0.524. The summed E-state index contributed by atoms with van der Waals surface area (Å²) in [6, 6.07) is 20.4. The molecule has 0 spiro atoms. The quantitative estimate of drug-likeness (QED) is 0.939. The third-order valence-corrected chi connectivity index (χ3v) is 4.26. The second kappa shape index (κ2) is 4.72. The lowest BCUT2D eigenvalue weighted by Crippen LogP contribution is -2.56. The lowest BCUT2D eigenvalue weighted by atomic mass is 9.71. The van der Waals surface area contributed by atoms with Gasteiger partial charge in [0.1, 0.15) is 18.0 Å². The van der Waals surface area contributed by atoms with E-state index in [4.69, 9.17) is 9.47 Å². The first-order chi connectivity index (χ1) is 10.3. The molecule has 2 atom stereocenters. The Morgan fingerprint density at radius 3 is 2.00 bits per heavy atom. The Kier molecular flexibility index (Phi) is 2.84. The zero-order valence-corrected chi connectivity index (χ0v) is 11.5. The molecule has 106 valence electrons. The highest BCUT2D eigenvalue weighted by Crippen LogP contribution is 2.55. The third kappa shape index (κ3) is 1.75. The summed E-state index contributed by atoms with van der Waals surface area (Å²) < 4.78 is 11.8. The zero-order valence-electron chi connectivity index (χ0n) is 11.5. The molecule has 2 heterocycles. The molecule has 0 saturated carbocycles. The molecule has 0 amide bonds. The monoisotopic (exact) mass is 280 g/mol. The van der Waals surface area contributed by atoms with Crippen LogP contribution in [0.4, 0.5) is 0 Å². The van der Waals surface area contributed by atoms with E-state index in [0.29, 0.717) is 5.76 Å². The summed E-state index contributed by atoms with van der Waals surface area (Å²) in [7, 11) is 0. The van der Waals surface area contributed by atoms with Crippen molar-refractivity contribution in [2.75, 3.05) is 6.61 Å². The predicted octanol–water partition coefficient (Wildman–Crippen LogP) is 2.81. The summed E-state index contributed by atoms with van der Waals surface area (Å²) in [4.78, 5) is 0. The fourth-order valence-corrected chi connectivity index (χ4v) is 3.29. The van der Waals surface area contributed by atoms with Gasteiger partial charge in [-0.15, -0.1) is 0 Å². The van der Waals surface area contributed by atoms with Crippen LogP contribution in [0.5, 0.6) is 0 Å². The third-order valence-electron chi connectivity index (χ3n) is 4.26. The molecule has 4 rings (SSSR count). The van der Waals surface area contributed by atoms with Crippen LogP contribution in [-0.2, 0) is 15.1 Å². The van der Waals surface area contributed by atoms with Gasteiger partial charge < -0.3 is 14.6 Å². The van der Waals surface area contributed by atoms with E-state index < -0.39 is 5.60 Å². The predicted molar refractivity (Wildman–Crippen MR) is 78.3 cm³/mol. The first-order valence-electron chi connectivity index (χ1n) is 7.11. The minimum absolute atomic E-state index is 0.0873. The molecular weight excluding hydrogens is 264 g/mol. The summed E-state index contributed by atoms with van der Waals surface area (Å²) in [6.07, 6.45) is 1.70. The van der Waals surface area contributed by atoms with Crippen molar-refractivity contribution < 1.29 is 14.6 Å². The molecule has 3 heteroatoms. The number of hydrogen-bond acceptors (Lipinski definition) is 3. The van der Waals surface area contributed by atoms with Crippen molar-refractivity contribution in [3.05, 3.63) is 83.6 Å². The Labute approximate surface area is 123 Å². The van der Waals surface area contributed by atoms with Gasteiger partial charge in [0.05, 0.1) is 5.92 Å². The molecular formula is C18H16O3. The molecule has 21 heavy (non-hydrogen) atoms. The summed E-state index contributed by atoms with van der Waals surface area (Å²) >= 11 is 0. The fraction of sp³-hybridized carbons (Fsp3) is 0.222. The van der Waals surface area contributed by atoms with Crippen LogP contribution >= 0.6 is 0 Å². The van der Waals surface area contributed by atoms with Crippen molar-refractivity contribution in [3.63, 3.8) is 0 Å². The van der Waals surface area contributed by atoms with Crippen LogP contribution in [0.2, 0.25) is 0 Å². The van der Waals surface area contributed by atoms with E-state index in [0.717, 1.165) is 11.1 Å². The Morgan fingerprint density at radius 2 is 1.48 bits per heavy atom. The molecule has 2 aromatic rings. The lowest BCUT2D eigenvalue weighted by molar-refractivity contribution is -0.306. The van der Waals surface area contributed by atoms with Crippen LogP contribution in [0.3, 0.4) is 0 Å². The van der Waals surface area contributed by atoms with Gasteiger partial charge in [0.25, 0.3) is 0 Å². The van der Waals surface area contributed by atoms with Gasteiger partial charge in [0.2, 0.25) is 6.29 Å². The molecule has 2 aliphatic rings. The Morgan fingerprint density at radius 1 is 0.905 bits per heavy atom. The Hall–Kier alpha value is -2.10. The molecule has 1 fully saturated rings. The Balaban J connectivity index is 1.84. The number of ether oxygens (including phenoxy) is 2. The van der Waals surface area contributed by atoms with Crippen molar-refractivity contribution in [1.82, 2.24) is 0 Å². The van der Waals surface area contributed by atoms with E-state index in [9.17, 15) is 5.11 Å². The van der Waals surface area contributed by atoms with Crippen molar-refractivity contribution in [3.8, 4) is 0 Å². The summed E-state index contributed by atoms with van der Waals surface area (Å²) in [5.74, 6) is 0.684. The molecule has 1 N–H and O–H groups in total. The molecule has 0 aliphatic carbocycles. The van der Waals surface area contributed by atoms with E-state index in [1.165, 1.54) is 0 Å². The maximum atomic E-state index is 9.29. The van der Waals surface area contributed by atoms with Crippen LogP contribution in [0, 0.1) is 5.92 Å². The average Bonchev–Trinajstić information content (AvgIpc) is 2.88. The first-order valence-corrected chi connectivity index (χ1v) is 7.11. The SMILES string of the molecule is OCC1=C[C@@H]2[C@H](O1)OC2(c1ccccc1)c1ccccc1. The number of aliphatic hydroxyl groups is 1. The molecule has 0 bridgehead atoms. The maximum absolute atomic E-state index is 9.29. The van der Waals surface area contributed by atoms with Gasteiger partial charge in [-0.05, 0) is 17.2 Å². The summed E-state index contributed by atoms with van der Waals surface area (Å²) in [5, 5.41) is 9.29. The molecule has 1 saturated heterocycles. The fourth-order valence-electron chi connectivity index (χ4n) is 3.29. The van der Waals surface area contributed by atoms with Crippen molar-refractivity contribution in [1.29, 1.82) is 0 Å². The van der Waals surface area contributed by atoms with Crippen molar-refractivity contribution >= 4 is 0 Å². The average molecular weight is 280 g/mol. The highest BCUT2D eigenvalue weighted by molar-refractivity contribution is 5.42.